The van der Waals surface area contributed by atoms with E-state index < -0.39 is 31.6 Å². The van der Waals surface area contributed by atoms with E-state index in [9.17, 15) is 17.2 Å². The van der Waals surface area contributed by atoms with Crippen LogP contribution < -0.4 is 14.4 Å². The van der Waals surface area contributed by atoms with E-state index in [2.05, 4.69) is 0 Å². The van der Waals surface area contributed by atoms with E-state index in [-0.39, 0.29) is 0 Å². The molecule has 1 aliphatic rings. The van der Waals surface area contributed by atoms with Gasteiger partial charge in [-0.3, -0.25) is 0 Å². The van der Waals surface area contributed by atoms with E-state index in [1.165, 1.54) is 11.3 Å². The summed E-state index contributed by atoms with van der Waals surface area (Å²) < 4.78 is 63.6. The smallest absolute Gasteiger partial charge is 0.185 e. The van der Waals surface area contributed by atoms with E-state index in [0.29, 0.717) is 43.5 Å². The molecule has 3 aromatic rings. The second kappa shape index (κ2) is 9.03. The number of hydrogen-bond donors (Lipinski definition) is 0. The van der Waals surface area contributed by atoms with Crippen LogP contribution in [-0.4, -0.2) is 46.0 Å². The molecule has 0 unspecified atom stereocenters. The van der Waals surface area contributed by atoms with Crippen LogP contribution in [-0.2, 0) is 9.84 Å². The minimum atomic E-state index is -3.88. The maximum Gasteiger partial charge on any atom is 0.185 e. The van der Waals surface area contributed by atoms with E-state index in [4.69, 9.17) is 14.5 Å². The molecular formula is C22H22F2N2O4S2. The molecule has 4 rings (SSSR count). The number of rotatable bonds is 6. The van der Waals surface area contributed by atoms with E-state index in [1.54, 1.807) is 20.3 Å². The van der Waals surface area contributed by atoms with Gasteiger partial charge in [0, 0.05) is 36.2 Å². The third kappa shape index (κ3) is 4.29. The average Bonchev–Trinajstić information content (AvgIpc) is 3.28. The predicted octanol–water partition coefficient (Wildman–Crippen LogP) is 4.55. The van der Waals surface area contributed by atoms with E-state index >= 15 is 0 Å². The largest absolute Gasteiger partial charge is 0.497 e. The number of aromatic nitrogens is 1. The van der Waals surface area contributed by atoms with Gasteiger partial charge in [0.05, 0.1) is 25.2 Å². The van der Waals surface area contributed by atoms with Crippen LogP contribution in [0.4, 0.5) is 13.9 Å². The summed E-state index contributed by atoms with van der Waals surface area (Å²) in [5, 5.41) is 1.98. The first-order valence-electron chi connectivity index (χ1n) is 9.95. The number of benzene rings is 2. The molecule has 0 spiro atoms. The Hall–Kier alpha value is -2.72. The summed E-state index contributed by atoms with van der Waals surface area (Å²) in [7, 11) is -0.711. The zero-order valence-corrected chi connectivity index (χ0v) is 19.2. The molecule has 6 nitrogen and oxygen atoms in total. The molecule has 0 aliphatic carbocycles. The number of hydrogen-bond acceptors (Lipinski definition) is 7. The lowest BCUT2D eigenvalue weighted by Crippen LogP contribution is -2.39. The van der Waals surface area contributed by atoms with Crippen molar-refractivity contribution in [3.8, 4) is 22.8 Å². The van der Waals surface area contributed by atoms with Crippen molar-refractivity contribution in [1.82, 2.24) is 4.98 Å². The first-order valence-corrected chi connectivity index (χ1v) is 12.4. The van der Waals surface area contributed by atoms with Gasteiger partial charge < -0.3 is 14.4 Å². The van der Waals surface area contributed by atoms with Crippen molar-refractivity contribution in [1.29, 1.82) is 0 Å². The van der Waals surface area contributed by atoms with Gasteiger partial charge in [0.2, 0.25) is 0 Å². The minimum absolute atomic E-state index is 0.333. The second-order valence-electron chi connectivity index (χ2n) is 7.39. The SMILES string of the molecule is COc1ccc(-c2csc(N3CCC(S(=O)(=O)c4ccc(F)cc4F)CC3)n2)c(OC)c1. The minimum Gasteiger partial charge on any atom is -0.497 e. The summed E-state index contributed by atoms with van der Waals surface area (Å²) in [4.78, 5) is 6.29. The molecule has 1 aromatic heterocycles. The summed E-state index contributed by atoms with van der Waals surface area (Å²) in [6.45, 7) is 0.943. The molecule has 0 amide bonds. The van der Waals surface area contributed by atoms with Crippen molar-refractivity contribution < 1.29 is 26.7 Å². The lowest BCUT2D eigenvalue weighted by molar-refractivity contribution is 0.395. The Labute approximate surface area is 189 Å². The van der Waals surface area contributed by atoms with Crippen LogP contribution in [0.1, 0.15) is 12.8 Å². The molecule has 0 saturated carbocycles. The van der Waals surface area contributed by atoms with Crippen molar-refractivity contribution in [3.05, 3.63) is 53.4 Å². The van der Waals surface area contributed by atoms with Crippen molar-refractivity contribution in [3.63, 3.8) is 0 Å². The van der Waals surface area contributed by atoms with E-state index in [0.717, 1.165) is 28.5 Å². The van der Waals surface area contributed by atoms with E-state index in [1.807, 2.05) is 22.4 Å². The molecule has 0 N–H and O–H groups in total. The molecule has 0 atom stereocenters. The van der Waals surface area contributed by atoms with Crippen molar-refractivity contribution in [2.24, 2.45) is 0 Å². The van der Waals surface area contributed by atoms with Crippen LogP contribution in [0.25, 0.3) is 11.3 Å². The number of piperidine rings is 1. The third-order valence-electron chi connectivity index (χ3n) is 5.53. The standard InChI is InChI=1S/C22H22F2N2O4S2/c1-29-15-4-5-17(20(12-15)30-2)19-13-31-22(25-19)26-9-7-16(8-10-26)32(27,28)21-6-3-14(23)11-18(21)24/h3-6,11-13,16H,7-10H2,1-2H3. The molecule has 2 heterocycles. The highest BCUT2D eigenvalue weighted by Crippen LogP contribution is 2.37. The van der Waals surface area contributed by atoms with Crippen LogP contribution >= 0.6 is 11.3 Å². The Balaban J connectivity index is 1.48. The van der Waals surface area contributed by atoms with Crippen molar-refractivity contribution in [2.75, 3.05) is 32.2 Å². The van der Waals surface area contributed by atoms with Gasteiger partial charge in [-0.2, -0.15) is 0 Å². The predicted molar refractivity (Wildman–Crippen MR) is 119 cm³/mol. The van der Waals surface area contributed by atoms with Gasteiger partial charge in [-0.05, 0) is 37.1 Å². The highest BCUT2D eigenvalue weighted by atomic mass is 32.2. The Morgan fingerprint density at radius 2 is 1.81 bits per heavy atom. The monoisotopic (exact) mass is 480 g/mol. The summed E-state index contributed by atoms with van der Waals surface area (Å²) in [6, 6.07) is 8.08. The number of nitrogens with zero attached hydrogens (tertiary/aromatic N) is 2. The quantitative estimate of drug-likeness (QED) is 0.482. The normalized spacial score (nSPS) is 15.1. The first-order chi connectivity index (χ1) is 15.3. The molecule has 0 bridgehead atoms. The molecule has 1 aliphatic heterocycles. The van der Waals surface area contributed by atoms with Crippen LogP contribution in [0, 0.1) is 11.6 Å². The molecule has 1 saturated heterocycles. The van der Waals surface area contributed by atoms with Crippen LogP contribution in [0.2, 0.25) is 0 Å². The molecule has 0 radical (unpaired) electrons. The Morgan fingerprint density at radius 3 is 2.47 bits per heavy atom. The fourth-order valence-corrected chi connectivity index (χ4v) is 6.44. The first kappa shape index (κ1) is 22.5. The number of methoxy groups -OCH3 is 2. The van der Waals surface area contributed by atoms with Crippen molar-refractivity contribution in [2.45, 2.75) is 23.0 Å². The van der Waals surface area contributed by atoms with Gasteiger partial charge >= 0.3 is 0 Å². The Kier molecular flexibility index (Phi) is 6.34. The van der Waals surface area contributed by atoms with Crippen molar-refractivity contribution >= 4 is 26.3 Å². The molecule has 32 heavy (non-hydrogen) atoms. The molecule has 10 heteroatoms. The fourth-order valence-electron chi connectivity index (χ4n) is 3.79. The van der Waals surface area contributed by atoms with Gasteiger partial charge in [0.15, 0.2) is 15.0 Å². The topological polar surface area (TPSA) is 68.7 Å². The number of halogens is 2. The summed E-state index contributed by atoms with van der Waals surface area (Å²) in [5.41, 5.74) is 1.59. The zero-order valence-electron chi connectivity index (χ0n) is 17.5. The summed E-state index contributed by atoms with van der Waals surface area (Å²) >= 11 is 1.47. The number of ether oxygens (including phenoxy) is 2. The Bertz CT molecular complexity index is 1220. The third-order valence-corrected chi connectivity index (χ3v) is 8.72. The number of anilines is 1. The second-order valence-corrected chi connectivity index (χ2v) is 10.4. The van der Waals surface area contributed by atoms with Crippen LogP contribution in [0.5, 0.6) is 11.5 Å². The number of sulfone groups is 1. The summed E-state index contributed by atoms with van der Waals surface area (Å²) in [5.74, 6) is -0.524. The van der Waals surface area contributed by atoms with Crippen LogP contribution in [0.3, 0.4) is 0 Å². The van der Waals surface area contributed by atoms with Gasteiger partial charge in [-0.25, -0.2) is 22.2 Å². The average molecular weight is 481 g/mol. The molecule has 1 fully saturated rings. The lowest BCUT2D eigenvalue weighted by Gasteiger charge is -2.31. The highest BCUT2D eigenvalue weighted by Gasteiger charge is 2.34. The molecule has 2 aromatic carbocycles. The van der Waals surface area contributed by atoms with Gasteiger partial charge in [-0.15, -0.1) is 11.3 Å². The molecular weight excluding hydrogens is 458 g/mol. The number of thiazole rings is 1. The maximum atomic E-state index is 14.1. The molecule has 170 valence electrons. The van der Waals surface area contributed by atoms with Crippen LogP contribution in [0.15, 0.2) is 46.7 Å². The lowest BCUT2D eigenvalue weighted by atomic mass is 10.1. The maximum absolute atomic E-state index is 14.1. The van der Waals surface area contributed by atoms with Gasteiger partial charge in [-0.1, -0.05) is 0 Å². The zero-order chi connectivity index (χ0) is 22.9. The van der Waals surface area contributed by atoms with Gasteiger partial charge in [0.1, 0.15) is 28.0 Å². The van der Waals surface area contributed by atoms with Gasteiger partial charge in [0.25, 0.3) is 0 Å². The Morgan fingerprint density at radius 1 is 1.06 bits per heavy atom. The highest BCUT2D eigenvalue weighted by molar-refractivity contribution is 7.92. The fraction of sp³-hybridized carbons (Fsp3) is 0.318. The summed E-state index contributed by atoms with van der Waals surface area (Å²) in [6.07, 6.45) is 0.667.